The molecule has 0 unspecified atom stereocenters. The number of hydrogen-bond acceptors (Lipinski definition) is 6. The fourth-order valence-corrected chi connectivity index (χ4v) is 3.39. The van der Waals surface area contributed by atoms with Gasteiger partial charge in [0, 0.05) is 11.4 Å². The highest BCUT2D eigenvalue weighted by Crippen LogP contribution is 2.31. The highest BCUT2D eigenvalue weighted by Gasteiger charge is 2.18. The van der Waals surface area contributed by atoms with Gasteiger partial charge < -0.3 is 9.63 Å². The summed E-state index contributed by atoms with van der Waals surface area (Å²) in [6.07, 6.45) is 6.83. The minimum absolute atomic E-state index is 0.0566. The summed E-state index contributed by atoms with van der Waals surface area (Å²) in [5.41, 5.74) is 0.340. The predicted octanol–water partition coefficient (Wildman–Crippen LogP) is 3.01. The van der Waals surface area contributed by atoms with E-state index < -0.39 is 0 Å². The molecule has 0 spiro atoms. The van der Waals surface area contributed by atoms with Crippen LogP contribution in [0, 0.1) is 0 Å². The Morgan fingerprint density at radius 2 is 2.21 bits per heavy atom. The minimum atomic E-state index is 0.0566. The molecular formula is C13H15N3O2S. The first-order valence-corrected chi connectivity index (χ1v) is 7.46. The summed E-state index contributed by atoms with van der Waals surface area (Å²) in [4.78, 5) is 8.33. The van der Waals surface area contributed by atoms with Crippen molar-refractivity contribution in [3.63, 3.8) is 0 Å². The number of rotatable bonds is 4. The van der Waals surface area contributed by atoms with Gasteiger partial charge in [0.1, 0.15) is 5.75 Å². The lowest BCUT2D eigenvalue weighted by molar-refractivity contribution is 0.417. The molecule has 0 atom stereocenters. The van der Waals surface area contributed by atoms with Crippen molar-refractivity contribution < 1.29 is 9.63 Å². The maximum absolute atomic E-state index is 9.68. The van der Waals surface area contributed by atoms with Gasteiger partial charge in [-0.2, -0.15) is 16.7 Å². The summed E-state index contributed by atoms with van der Waals surface area (Å²) in [6.45, 7) is 0. The van der Waals surface area contributed by atoms with Gasteiger partial charge in [-0.3, -0.25) is 0 Å². The van der Waals surface area contributed by atoms with Crippen LogP contribution in [0.1, 0.15) is 31.5 Å². The molecule has 2 aromatic rings. The molecule has 2 aromatic heterocycles. The third-order valence-electron chi connectivity index (χ3n) is 3.21. The van der Waals surface area contributed by atoms with Crippen molar-refractivity contribution in [2.75, 3.05) is 0 Å². The number of nitrogens with zero attached hydrogens (tertiary/aromatic N) is 3. The maximum Gasteiger partial charge on any atom is 0.280 e. The van der Waals surface area contributed by atoms with E-state index >= 15 is 0 Å². The highest BCUT2D eigenvalue weighted by atomic mass is 32.2. The van der Waals surface area contributed by atoms with Gasteiger partial charge in [0.15, 0.2) is 11.5 Å². The molecule has 1 fully saturated rings. The standard InChI is InChI=1S/C13H15N3O2S/c17-10-6-3-7-14-12(10)13-15-11(16-18-13)8-19-9-4-1-2-5-9/h3,6-7,9,17H,1-2,4-5,8H2. The molecule has 0 aliphatic heterocycles. The zero-order valence-electron chi connectivity index (χ0n) is 10.5. The Balaban J connectivity index is 1.67. The topological polar surface area (TPSA) is 72.0 Å². The quantitative estimate of drug-likeness (QED) is 0.926. The number of aromatic hydroxyl groups is 1. The zero-order chi connectivity index (χ0) is 13.1. The van der Waals surface area contributed by atoms with E-state index in [1.807, 2.05) is 11.8 Å². The van der Waals surface area contributed by atoms with E-state index in [9.17, 15) is 5.11 Å². The van der Waals surface area contributed by atoms with Gasteiger partial charge in [-0.25, -0.2) is 4.98 Å². The fourth-order valence-electron chi connectivity index (χ4n) is 2.22. The molecule has 0 amide bonds. The van der Waals surface area contributed by atoms with E-state index in [2.05, 4.69) is 15.1 Å². The smallest absolute Gasteiger partial charge is 0.280 e. The molecule has 5 nitrogen and oxygen atoms in total. The molecule has 1 saturated carbocycles. The molecule has 100 valence electrons. The number of pyridine rings is 1. The van der Waals surface area contributed by atoms with Crippen molar-refractivity contribution in [1.82, 2.24) is 15.1 Å². The third kappa shape index (κ3) is 2.89. The van der Waals surface area contributed by atoms with Crippen molar-refractivity contribution in [2.24, 2.45) is 0 Å². The van der Waals surface area contributed by atoms with Crippen LogP contribution >= 0.6 is 11.8 Å². The Labute approximate surface area is 115 Å². The first-order chi connectivity index (χ1) is 9.33. The van der Waals surface area contributed by atoms with E-state index in [0.29, 0.717) is 11.5 Å². The molecule has 1 aliphatic carbocycles. The van der Waals surface area contributed by atoms with Crippen LogP contribution in [0.2, 0.25) is 0 Å². The third-order valence-corrected chi connectivity index (χ3v) is 4.58. The van der Waals surface area contributed by atoms with Crippen molar-refractivity contribution in [1.29, 1.82) is 0 Å². The van der Waals surface area contributed by atoms with Gasteiger partial charge >= 0.3 is 0 Å². The molecular weight excluding hydrogens is 262 g/mol. The molecule has 19 heavy (non-hydrogen) atoms. The Morgan fingerprint density at radius 1 is 1.37 bits per heavy atom. The molecule has 0 aromatic carbocycles. The lowest BCUT2D eigenvalue weighted by Gasteiger charge is -2.04. The van der Waals surface area contributed by atoms with Crippen LogP contribution in [0.4, 0.5) is 0 Å². The molecule has 1 aliphatic rings. The number of thioether (sulfide) groups is 1. The first kappa shape index (κ1) is 12.5. The molecule has 1 N–H and O–H groups in total. The predicted molar refractivity (Wildman–Crippen MR) is 72.7 cm³/mol. The van der Waals surface area contributed by atoms with Crippen molar-refractivity contribution in [3.05, 3.63) is 24.2 Å². The van der Waals surface area contributed by atoms with Crippen LogP contribution in [-0.4, -0.2) is 25.5 Å². The van der Waals surface area contributed by atoms with Gasteiger partial charge in [0.25, 0.3) is 5.89 Å². The van der Waals surface area contributed by atoms with E-state index in [0.717, 1.165) is 11.0 Å². The second-order valence-corrected chi connectivity index (χ2v) is 5.89. The number of hydrogen-bond donors (Lipinski definition) is 1. The lowest BCUT2D eigenvalue weighted by Crippen LogP contribution is -1.95. The summed E-state index contributed by atoms with van der Waals surface area (Å²) in [7, 11) is 0. The second kappa shape index (κ2) is 5.61. The Morgan fingerprint density at radius 3 is 3.00 bits per heavy atom. The van der Waals surface area contributed by atoms with Crippen LogP contribution < -0.4 is 0 Å². The summed E-state index contributed by atoms with van der Waals surface area (Å²) >= 11 is 1.88. The Kier molecular flexibility index (Phi) is 3.68. The average molecular weight is 277 g/mol. The highest BCUT2D eigenvalue weighted by molar-refractivity contribution is 7.99. The van der Waals surface area contributed by atoms with Gasteiger partial charge in [-0.1, -0.05) is 18.0 Å². The minimum Gasteiger partial charge on any atom is -0.505 e. The number of aromatic nitrogens is 3. The van der Waals surface area contributed by atoms with Gasteiger partial charge in [-0.15, -0.1) is 0 Å². The van der Waals surface area contributed by atoms with E-state index in [1.54, 1.807) is 18.3 Å². The Hall–Kier alpha value is -1.56. The largest absolute Gasteiger partial charge is 0.505 e. The van der Waals surface area contributed by atoms with E-state index in [1.165, 1.54) is 25.7 Å². The van der Waals surface area contributed by atoms with Crippen LogP contribution in [0.5, 0.6) is 5.75 Å². The summed E-state index contributed by atoms with van der Waals surface area (Å²) in [5.74, 6) is 1.75. The van der Waals surface area contributed by atoms with E-state index in [-0.39, 0.29) is 11.6 Å². The van der Waals surface area contributed by atoms with Crippen molar-refractivity contribution >= 4 is 11.8 Å². The van der Waals surface area contributed by atoms with Gasteiger partial charge in [0.05, 0.1) is 5.75 Å². The second-order valence-electron chi connectivity index (χ2n) is 4.60. The Bertz CT molecular complexity index is 552. The first-order valence-electron chi connectivity index (χ1n) is 6.41. The SMILES string of the molecule is Oc1cccnc1-c1nc(CSC2CCCC2)no1. The monoisotopic (exact) mass is 277 g/mol. The van der Waals surface area contributed by atoms with Gasteiger partial charge in [-0.05, 0) is 25.0 Å². The molecule has 6 heteroatoms. The van der Waals surface area contributed by atoms with Crippen molar-refractivity contribution in [3.8, 4) is 17.3 Å². The molecule has 0 radical (unpaired) electrons. The lowest BCUT2D eigenvalue weighted by atomic mass is 10.3. The fraction of sp³-hybridized carbons (Fsp3) is 0.462. The summed E-state index contributed by atoms with van der Waals surface area (Å²) in [5, 5.41) is 14.3. The van der Waals surface area contributed by atoms with Crippen molar-refractivity contribution in [2.45, 2.75) is 36.7 Å². The zero-order valence-corrected chi connectivity index (χ0v) is 11.3. The molecule has 0 saturated heterocycles. The molecule has 2 heterocycles. The van der Waals surface area contributed by atoms with E-state index in [4.69, 9.17) is 4.52 Å². The van der Waals surface area contributed by atoms with Crippen LogP contribution in [-0.2, 0) is 5.75 Å². The molecule has 0 bridgehead atoms. The van der Waals surface area contributed by atoms with Crippen LogP contribution in [0.25, 0.3) is 11.6 Å². The van der Waals surface area contributed by atoms with Crippen LogP contribution in [0.3, 0.4) is 0 Å². The van der Waals surface area contributed by atoms with Crippen LogP contribution in [0.15, 0.2) is 22.9 Å². The molecule has 3 rings (SSSR count). The normalized spacial score (nSPS) is 16.0. The van der Waals surface area contributed by atoms with Gasteiger partial charge in [0.2, 0.25) is 0 Å². The average Bonchev–Trinajstić information content (AvgIpc) is 3.08. The maximum atomic E-state index is 9.68. The summed E-state index contributed by atoms with van der Waals surface area (Å²) in [6, 6.07) is 3.21. The summed E-state index contributed by atoms with van der Waals surface area (Å²) < 4.78 is 5.15.